The van der Waals surface area contributed by atoms with E-state index in [0.29, 0.717) is 12.5 Å². The Kier molecular flexibility index (Phi) is 6.23. The second-order valence-corrected chi connectivity index (χ2v) is 8.81. The van der Waals surface area contributed by atoms with Crippen LogP contribution >= 0.6 is 23.7 Å². The van der Waals surface area contributed by atoms with E-state index in [0.717, 1.165) is 36.6 Å². The largest absolute Gasteiger partial charge is 0.356 e. The third kappa shape index (κ3) is 4.05. The van der Waals surface area contributed by atoms with Crippen LogP contribution in [0.2, 0.25) is 0 Å². The third-order valence-electron chi connectivity index (χ3n) is 5.88. The molecule has 2 aliphatic rings. The number of carbonyl (C=O) groups is 1. The zero-order chi connectivity index (χ0) is 18.3. The molecule has 2 aromatic heterocycles. The maximum Gasteiger partial charge on any atom is 0.223 e. The van der Waals surface area contributed by atoms with E-state index in [1.54, 1.807) is 17.7 Å². The number of halogens is 1. The normalized spacial score (nSPS) is 19.0. The Hall–Kier alpha value is -1.44. The van der Waals surface area contributed by atoms with Gasteiger partial charge < -0.3 is 16.0 Å². The van der Waals surface area contributed by atoms with Crippen molar-refractivity contribution in [2.75, 3.05) is 24.5 Å². The van der Waals surface area contributed by atoms with Gasteiger partial charge in [0.05, 0.1) is 5.39 Å². The minimum Gasteiger partial charge on any atom is -0.356 e. The van der Waals surface area contributed by atoms with Gasteiger partial charge in [-0.15, -0.1) is 23.7 Å². The molecule has 1 aliphatic heterocycles. The van der Waals surface area contributed by atoms with E-state index >= 15 is 0 Å². The van der Waals surface area contributed by atoms with Crippen molar-refractivity contribution in [1.29, 1.82) is 0 Å². The number of aromatic nitrogens is 2. The first-order chi connectivity index (χ1) is 12.6. The van der Waals surface area contributed by atoms with E-state index in [4.69, 9.17) is 5.73 Å². The van der Waals surface area contributed by atoms with Crippen LogP contribution in [0.5, 0.6) is 0 Å². The number of thiophene rings is 1. The van der Waals surface area contributed by atoms with Crippen molar-refractivity contribution in [3.63, 3.8) is 0 Å². The number of amides is 1. The van der Waals surface area contributed by atoms with Gasteiger partial charge in [-0.3, -0.25) is 4.79 Å². The summed E-state index contributed by atoms with van der Waals surface area (Å²) in [7, 11) is 0. The van der Waals surface area contributed by atoms with Crippen LogP contribution in [0.25, 0.3) is 10.2 Å². The summed E-state index contributed by atoms with van der Waals surface area (Å²) in [6, 6.07) is 0.165. The van der Waals surface area contributed by atoms with Crippen molar-refractivity contribution in [1.82, 2.24) is 15.3 Å². The summed E-state index contributed by atoms with van der Waals surface area (Å²) in [5.41, 5.74) is 7.10. The number of fused-ring (bicyclic) bond motifs is 1. The van der Waals surface area contributed by atoms with Crippen molar-refractivity contribution >= 4 is 45.7 Å². The van der Waals surface area contributed by atoms with Gasteiger partial charge in [-0.2, -0.15) is 0 Å². The van der Waals surface area contributed by atoms with Gasteiger partial charge in [0, 0.05) is 36.5 Å². The molecule has 8 heteroatoms. The van der Waals surface area contributed by atoms with Gasteiger partial charge in [-0.1, -0.05) is 0 Å². The van der Waals surface area contributed by atoms with Gasteiger partial charge in [0.1, 0.15) is 17.0 Å². The zero-order valence-corrected chi connectivity index (χ0v) is 17.5. The predicted molar refractivity (Wildman–Crippen MR) is 113 cm³/mol. The molecule has 3 heterocycles. The van der Waals surface area contributed by atoms with Crippen LogP contribution in [-0.2, 0) is 4.79 Å². The predicted octanol–water partition coefficient (Wildman–Crippen LogP) is 2.80. The molecule has 1 amide bonds. The third-order valence-corrected chi connectivity index (χ3v) is 7.00. The van der Waals surface area contributed by atoms with Crippen molar-refractivity contribution in [3.8, 4) is 0 Å². The van der Waals surface area contributed by atoms with Crippen molar-refractivity contribution < 1.29 is 4.79 Å². The van der Waals surface area contributed by atoms with Gasteiger partial charge in [0.2, 0.25) is 5.91 Å². The molecule has 2 fully saturated rings. The molecule has 148 valence electrons. The molecule has 4 rings (SSSR count). The molecule has 0 aromatic carbocycles. The highest BCUT2D eigenvalue weighted by Gasteiger charge is 2.34. The fourth-order valence-electron chi connectivity index (χ4n) is 3.93. The first kappa shape index (κ1) is 20.3. The van der Waals surface area contributed by atoms with E-state index in [1.807, 2.05) is 0 Å². The van der Waals surface area contributed by atoms with Crippen molar-refractivity contribution in [2.24, 2.45) is 17.6 Å². The van der Waals surface area contributed by atoms with Gasteiger partial charge in [0.15, 0.2) is 0 Å². The molecule has 3 N–H and O–H groups in total. The maximum absolute atomic E-state index is 12.6. The zero-order valence-electron chi connectivity index (χ0n) is 15.9. The molecule has 6 nitrogen and oxygen atoms in total. The summed E-state index contributed by atoms with van der Waals surface area (Å²) >= 11 is 1.73. The lowest BCUT2D eigenvalue weighted by atomic mass is 9.95. The molecule has 0 bridgehead atoms. The maximum atomic E-state index is 12.6. The highest BCUT2D eigenvalue weighted by atomic mass is 35.5. The van der Waals surface area contributed by atoms with Crippen LogP contribution in [0.1, 0.15) is 36.1 Å². The molecule has 27 heavy (non-hydrogen) atoms. The summed E-state index contributed by atoms with van der Waals surface area (Å²) in [6.07, 6.45) is 5.78. The second kappa shape index (κ2) is 8.29. The molecule has 1 aliphatic carbocycles. The minimum absolute atomic E-state index is 0. The molecule has 0 spiro atoms. The number of carbonyl (C=O) groups excluding carboxylic acids is 1. The van der Waals surface area contributed by atoms with Gasteiger partial charge in [-0.25, -0.2) is 9.97 Å². The highest BCUT2D eigenvalue weighted by Crippen LogP contribution is 2.36. The molecule has 1 unspecified atom stereocenters. The Bertz CT molecular complexity index is 814. The van der Waals surface area contributed by atoms with E-state index in [9.17, 15) is 4.79 Å². The monoisotopic (exact) mass is 409 g/mol. The average Bonchev–Trinajstić information content (AvgIpc) is 3.46. The highest BCUT2D eigenvalue weighted by molar-refractivity contribution is 7.18. The van der Waals surface area contributed by atoms with Crippen LogP contribution < -0.4 is 16.0 Å². The SMILES string of the molecule is Cc1sc2ncnc(N3CCC(C(=O)NC(CN)C4CC4)CC3)c2c1C.Cl. The smallest absolute Gasteiger partial charge is 0.223 e. The lowest BCUT2D eigenvalue weighted by Crippen LogP contribution is -2.47. The van der Waals surface area contributed by atoms with Crippen LogP contribution in [0.4, 0.5) is 5.82 Å². The van der Waals surface area contributed by atoms with Crippen LogP contribution in [0.3, 0.4) is 0 Å². The number of nitrogens with one attached hydrogen (secondary N) is 1. The Balaban J connectivity index is 0.00000210. The Labute approximate surface area is 170 Å². The summed E-state index contributed by atoms with van der Waals surface area (Å²) in [4.78, 5) is 26.3. The molecule has 1 saturated heterocycles. The number of aryl methyl sites for hydroxylation is 2. The minimum atomic E-state index is 0. The molecular formula is C19H28ClN5OS. The van der Waals surface area contributed by atoms with Crippen molar-refractivity contribution in [3.05, 3.63) is 16.8 Å². The van der Waals surface area contributed by atoms with E-state index in [1.165, 1.54) is 28.7 Å². The molecule has 2 aromatic rings. The van der Waals surface area contributed by atoms with Crippen LogP contribution in [0, 0.1) is 25.7 Å². The standard InChI is InChI=1S/C19H27N5OS.ClH/c1-11-12(2)26-19-16(11)17(21-10-22-19)24-7-5-14(6-8-24)18(25)23-15(9-20)13-3-4-13;/h10,13-15H,3-9,20H2,1-2H3,(H,23,25);1H. The summed E-state index contributed by atoms with van der Waals surface area (Å²) in [5, 5.41) is 4.36. The lowest BCUT2D eigenvalue weighted by molar-refractivity contribution is -0.126. The fraction of sp³-hybridized carbons (Fsp3) is 0.632. The summed E-state index contributed by atoms with van der Waals surface area (Å²) in [5.74, 6) is 1.89. The van der Waals surface area contributed by atoms with Crippen molar-refractivity contribution in [2.45, 2.75) is 45.6 Å². The number of nitrogens with zero attached hydrogens (tertiary/aromatic N) is 3. The number of piperidine rings is 1. The summed E-state index contributed by atoms with van der Waals surface area (Å²) in [6.45, 7) is 6.54. The second-order valence-electron chi connectivity index (χ2n) is 7.61. The van der Waals surface area contributed by atoms with Gasteiger partial charge >= 0.3 is 0 Å². The number of anilines is 1. The molecule has 1 saturated carbocycles. The van der Waals surface area contributed by atoms with E-state index < -0.39 is 0 Å². The number of hydrogen-bond donors (Lipinski definition) is 2. The van der Waals surface area contributed by atoms with Crippen LogP contribution in [-0.4, -0.2) is 41.6 Å². The topological polar surface area (TPSA) is 84.1 Å². The molecular weight excluding hydrogens is 382 g/mol. The Morgan fingerprint density at radius 1 is 1.30 bits per heavy atom. The number of hydrogen-bond acceptors (Lipinski definition) is 6. The Morgan fingerprint density at radius 3 is 2.63 bits per heavy atom. The lowest BCUT2D eigenvalue weighted by Gasteiger charge is -2.33. The molecule has 0 radical (unpaired) electrons. The fourth-order valence-corrected chi connectivity index (χ4v) is 4.92. The van der Waals surface area contributed by atoms with E-state index in [2.05, 4.69) is 34.0 Å². The summed E-state index contributed by atoms with van der Waals surface area (Å²) < 4.78 is 0. The van der Waals surface area contributed by atoms with Gasteiger partial charge in [0.25, 0.3) is 0 Å². The number of rotatable bonds is 5. The first-order valence-electron chi connectivity index (χ1n) is 9.54. The quantitative estimate of drug-likeness (QED) is 0.793. The van der Waals surface area contributed by atoms with Gasteiger partial charge in [-0.05, 0) is 51.0 Å². The molecule has 1 atom stereocenters. The van der Waals surface area contributed by atoms with Crippen LogP contribution in [0.15, 0.2) is 6.33 Å². The first-order valence-corrected chi connectivity index (χ1v) is 10.4. The average molecular weight is 410 g/mol. The van der Waals surface area contributed by atoms with E-state index in [-0.39, 0.29) is 30.3 Å². The number of nitrogens with two attached hydrogens (primary N) is 1. The Morgan fingerprint density at radius 2 is 2.00 bits per heavy atom.